The number of thioether (sulfide) groups is 1. The molecule has 1 saturated heterocycles. The number of nitrogens with zero attached hydrogens (tertiary/aromatic N) is 3. The number of amides is 1. The second-order valence-corrected chi connectivity index (χ2v) is 10.7. The third-order valence-corrected chi connectivity index (χ3v) is 8.69. The predicted octanol–water partition coefficient (Wildman–Crippen LogP) is 4.59. The van der Waals surface area contributed by atoms with Crippen LogP contribution in [0, 0.1) is 0 Å². The van der Waals surface area contributed by atoms with Gasteiger partial charge in [0.2, 0.25) is 0 Å². The van der Waals surface area contributed by atoms with Gasteiger partial charge in [-0.25, -0.2) is 8.42 Å². The highest BCUT2D eigenvalue weighted by molar-refractivity contribution is 7.98. The highest BCUT2D eigenvalue weighted by Gasteiger charge is 2.25. The van der Waals surface area contributed by atoms with Crippen LogP contribution < -0.4 is 9.21 Å². The number of carbonyl (C=O) groups is 1. The Balaban J connectivity index is 1.45. The molecule has 0 aliphatic carbocycles. The van der Waals surface area contributed by atoms with E-state index in [9.17, 15) is 13.2 Å². The molecular weight excluding hydrogens is 466 g/mol. The fraction of sp³-hybridized carbons (Fsp3) is 0.269. The number of hydrogen-bond donors (Lipinski definition) is 0. The summed E-state index contributed by atoms with van der Waals surface area (Å²) in [7, 11) is -3.69. The summed E-state index contributed by atoms with van der Waals surface area (Å²) in [5, 5.41) is 0. The van der Waals surface area contributed by atoms with Gasteiger partial charge in [-0.2, -0.15) is 0 Å². The molecular formula is C26H29N3O3S2. The molecule has 0 atom stereocenters. The lowest BCUT2D eigenvalue weighted by atomic mass is 10.1. The Bertz CT molecular complexity index is 1210. The maximum atomic E-state index is 13.2. The molecule has 34 heavy (non-hydrogen) atoms. The van der Waals surface area contributed by atoms with Crippen LogP contribution in [0.4, 0.5) is 11.4 Å². The van der Waals surface area contributed by atoms with Crippen LogP contribution in [0.2, 0.25) is 0 Å². The molecule has 0 unspecified atom stereocenters. The van der Waals surface area contributed by atoms with E-state index in [0.717, 1.165) is 18.0 Å². The van der Waals surface area contributed by atoms with E-state index in [0.29, 0.717) is 30.9 Å². The smallest absolute Gasteiger partial charge is 0.264 e. The topological polar surface area (TPSA) is 60.9 Å². The molecule has 1 aliphatic rings. The van der Waals surface area contributed by atoms with Gasteiger partial charge in [-0.1, -0.05) is 18.2 Å². The zero-order chi connectivity index (χ0) is 24.1. The largest absolute Gasteiger partial charge is 0.368 e. The summed E-state index contributed by atoms with van der Waals surface area (Å²) in [6.45, 7) is 4.96. The zero-order valence-corrected chi connectivity index (χ0v) is 21.1. The molecule has 0 saturated carbocycles. The van der Waals surface area contributed by atoms with Gasteiger partial charge < -0.3 is 9.80 Å². The van der Waals surface area contributed by atoms with Crippen LogP contribution in [0.15, 0.2) is 88.7 Å². The van der Waals surface area contributed by atoms with Gasteiger partial charge in [-0.15, -0.1) is 11.8 Å². The SMILES string of the molecule is CCN(c1ccc(C(=O)N2CCN(c3ccccc3)CC2)cc1)S(=O)(=O)c1ccc(SC)cc1. The first-order valence-corrected chi connectivity index (χ1v) is 14.0. The number of carbonyl (C=O) groups excluding carboxylic acids is 1. The monoisotopic (exact) mass is 495 g/mol. The Morgan fingerprint density at radius 1 is 0.882 bits per heavy atom. The zero-order valence-electron chi connectivity index (χ0n) is 19.4. The normalized spacial score (nSPS) is 14.2. The molecule has 178 valence electrons. The van der Waals surface area contributed by atoms with E-state index in [4.69, 9.17) is 0 Å². The minimum atomic E-state index is -3.69. The van der Waals surface area contributed by atoms with Crippen molar-refractivity contribution in [2.24, 2.45) is 0 Å². The average Bonchev–Trinajstić information content (AvgIpc) is 2.89. The van der Waals surface area contributed by atoms with Crippen molar-refractivity contribution in [1.29, 1.82) is 0 Å². The second-order valence-electron chi connectivity index (χ2n) is 8.01. The molecule has 1 amide bonds. The summed E-state index contributed by atoms with van der Waals surface area (Å²) < 4.78 is 27.8. The van der Waals surface area contributed by atoms with E-state index in [1.165, 1.54) is 9.99 Å². The first-order valence-electron chi connectivity index (χ1n) is 11.3. The minimum Gasteiger partial charge on any atom is -0.368 e. The highest BCUT2D eigenvalue weighted by atomic mass is 32.2. The van der Waals surface area contributed by atoms with Gasteiger partial charge in [0, 0.05) is 48.9 Å². The van der Waals surface area contributed by atoms with Crippen LogP contribution in [0.25, 0.3) is 0 Å². The second kappa shape index (κ2) is 10.5. The van der Waals surface area contributed by atoms with Crippen molar-refractivity contribution in [3.05, 3.63) is 84.4 Å². The van der Waals surface area contributed by atoms with Crippen LogP contribution in [0.1, 0.15) is 17.3 Å². The molecule has 1 aliphatic heterocycles. The number of hydrogen-bond acceptors (Lipinski definition) is 5. The third-order valence-electron chi connectivity index (χ3n) is 6.03. The molecule has 0 spiro atoms. The molecule has 3 aromatic carbocycles. The number of sulfonamides is 1. The van der Waals surface area contributed by atoms with E-state index in [1.54, 1.807) is 55.1 Å². The molecule has 6 nitrogen and oxygen atoms in total. The first kappa shape index (κ1) is 24.2. The summed E-state index contributed by atoms with van der Waals surface area (Å²) in [6.07, 6.45) is 1.95. The van der Waals surface area contributed by atoms with Crippen LogP contribution >= 0.6 is 11.8 Å². The van der Waals surface area contributed by atoms with Gasteiger partial charge in [-0.3, -0.25) is 9.10 Å². The molecule has 0 aromatic heterocycles. The lowest BCUT2D eigenvalue weighted by Gasteiger charge is -2.36. The summed E-state index contributed by atoms with van der Waals surface area (Å²) in [5.74, 6) is -0.0298. The van der Waals surface area contributed by atoms with Crippen LogP contribution in [-0.2, 0) is 10.0 Å². The van der Waals surface area contributed by atoms with E-state index >= 15 is 0 Å². The first-order chi connectivity index (χ1) is 16.4. The van der Waals surface area contributed by atoms with E-state index < -0.39 is 10.0 Å². The van der Waals surface area contributed by atoms with Gasteiger partial charge in [0.1, 0.15) is 0 Å². The number of benzene rings is 3. The Labute approximate surface area is 206 Å². The van der Waals surface area contributed by atoms with Crippen LogP contribution in [0.3, 0.4) is 0 Å². The third kappa shape index (κ3) is 5.08. The number of anilines is 2. The quantitative estimate of drug-likeness (QED) is 0.449. The molecule has 3 aromatic rings. The summed E-state index contributed by atoms with van der Waals surface area (Å²) >= 11 is 1.57. The van der Waals surface area contributed by atoms with Gasteiger partial charge in [0.15, 0.2) is 0 Å². The molecule has 1 fully saturated rings. The van der Waals surface area contributed by atoms with Crippen LogP contribution in [-0.4, -0.2) is 58.2 Å². The Morgan fingerprint density at radius 2 is 1.50 bits per heavy atom. The Morgan fingerprint density at radius 3 is 2.06 bits per heavy atom. The molecule has 4 rings (SSSR count). The van der Waals surface area contributed by atoms with Crippen molar-refractivity contribution in [3.63, 3.8) is 0 Å². The molecule has 0 bridgehead atoms. The van der Waals surface area contributed by atoms with Crippen molar-refractivity contribution in [2.75, 3.05) is 48.2 Å². The van der Waals surface area contributed by atoms with E-state index in [1.807, 2.05) is 41.5 Å². The molecule has 8 heteroatoms. The maximum absolute atomic E-state index is 13.2. The molecule has 0 N–H and O–H groups in total. The average molecular weight is 496 g/mol. The maximum Gasteiger partial charge on any atom is 0.264 e. The molecule has 1 heterocycles. The van der Waals surface area contributed by atoms with Crippen molar-refractivity contribution < 1.29 is 13.2 Å². The van der Waals surface area contributed by atoms with Gasteiger partial charge >= 0.3 is 0 Å². The van der Waals surface area contributed by atoms with Gasteiger partial charge in [-0.05, 0) is 73.8 Å². The lowest BCUT2D eigenvalue weighted by Crippen LogP contribution is -2.48. The standard InChI is InChI=1S/C26H29N3O3S2/c1-3-29(34(31,32)25-15-13-24(33-2)14-16-25)23-11-9-21(10-12-23)26(30)28-19-17-27(18-20-28)22-7-5-4-6-8-22/h4-16H,3,17-20H2,1-2H3. The van der Waals surface area contributed by atoms with Crippen LogP contribution in [0.5, 0.6) is 0 Å². The number of piperazine rings is 1. The Kier molecular flexibility index (Phi) is 7.48. The fourth-order valence-corrected chi connectivity index (χ4v) is 6.01. The van der Waals surface area contributed by atoms with E-state index in [-0.39, 0.29) is 10.8 Å². The lowest BCUT2D eigenvalue weighted by molar-refractivity contribution is 0.0747. The van der Waals surface area contributed by atoms with Crippen molar-refractivity contribution in [1.82, 2.24) is 4.90 Å². The Hall–Kier alpha value is -2.97. The van der Waals surface area contributed by atoms with Gasteiger partial charge in [0.05, 0.1) is 10.6 Å². The summed E-state index contributed by atoms with van der Waals surface area (Å²) in [5.41, 5.74) is 2.28. The van der Waals surface area contributed by atoms with Gasteiger partial charge in [0.25, 0.3) is 15.9 Å². The summed E-state index contributed by atoms with van der Waals surface area (Å²) in [6, 6.07) is 24.0. The van der Waals surface area contributed by atoms with Crippen molar-refractivity contribution >= 4 is 39.1 Å². The highest BCUT2D eigenvalue weighted by Crippen LogP contribution is 2.26. The molecule has 0 radical (unpaired) electrons. The predicted molar refractivity (Wildman–Crippen MR) is 139 cm³/mol. The number of rotatable bonds is 7. The minimum absolute atomic E-state index is 0.0298. The van der Waals surface area contributed by atoms with Crippen molar-refractivity contribution in [3.8, 4) is 0 Å². The fourth-order valence-electron chi connectivity index (χ4n) is 4.13. The summed E-state index contributed by atoms with van der Waals surface area (Å²) in [4.78, 5) is 18.4. The number of para-hydroxylation sites is 1. The van der Waals surface area contributed by atoms with E-state index in [2.05, 4.69) is 17.0 Å². The van der Waals surface area contributed by atoms with Crippen molar-refractivity contribution in [2.45, 2.75) is 16.7 Å².